The SMILES string of the molecule is CCCCCCCCOc1ccc(Oc2cc(N)c3c(c2O)C(=O)c2c(Nc4ccc(OCCCCCC)cc4)cc(Oc4ccc(OCCCCCCCC)cc4)c(O)c2C3=O)cc1. The van der Waals surface area contributed by atoms with E-state index in [9.17, 15) is 19.8 Å². The summed E-state index contributed by atoms with van der Waals surface area (Å²) in [6.07, 6.45) is 18.3. The summed E-state index contributed by atoms with van der Waals surface area (Å²) in [5.74, 6) is -0.0592. The monoisotopic (exact) mass is 886 g/mol. The van der Waals surface area contributed by atoms with Gasteiger partial charge in [0.2, 0.25) is 11.6 Å². The minimum atomic E-state index is -0.767. The molecule has 5 aromatic rings. The van der Waals surface area contributed by atoms with Crippen LogP contribution in [0, 0.1) is 0 Å². The first-order chi connectivity index (χ1) is 31.7. The third kappa shape index (κ3) is 13.1. The number of nitrogens with two attached hydrogens (primary N) is 1. The molecular formula is C54H66N2O9. The molecule has 0 amide bonds. The second kappa shape index (κ2) is 24.6. The van der Waals surface area contributed by atoms with Crippen molar-refractivity contribution in [3.8, 4) is 51.7 Å². The first kappa shape index (κ1) is 48.1. The van der Waals surface area contributed by atoms with Gasteiger partial charge in [-0.25, -0.2) is 0 Å². The average Bonchev–Trinajstić information content (AvgIpc) is 3.31. The Morgan fingerprint density at radius 1 is 0.446 bits per heavy atom. The van der Waals surface area contributed by atoms with Crippen molar-refractivity contribution < 1.29 is 43.5 Å². The minimum absolute atomic E-state index is 0.0780. The van der Waals surface area contributed by atoms with E-state index in [-0.39, 0.29) is 45.1 Å². The fraction of sp³-hybridized carbons (Fsp3) is 0.407. The van der Waals surface area contributed by atoms with E-state index in [0.29, 0.717) is 54.3 Å². The smallest absolute Gasteiger partial charge is 0.200 e. The molecule has 0 saturated heterocycles. The van der Waals surface area contributed by atoms with Crippen molar-refractivity contribution in [2.75, 3.05) is 30.9 Å². The molecule has 5 N–H and O–H groups in total. The van der Waals surface area contributed by atoms with E-state index in [2.05, 4.69) is 26.1 Å². The van der Waals surface area contributed by atoms with Crippen LogP contribution in [0.2, 0.25) is 0 Å². The molecule has 0 saturated carbocycles. The fourth-order valence-corrected chi connectivity index (χ4v) is 7.86. The van der Waals surface area contributed by atoms with Crippen LogP contribution in [0.5, 0.6) is 51.7 Å². The fourth-order valence-electron chi connectivity index (χ4n) is 7.86. The standard InChI is InChI=1S/C54H66N2O9/c1-4-7-10-13-15-18-33-62-39-24-28-41(29-25-39)64-45-35-43(55)47-49(51(45)57)54(60)48-44(56-37-20-22-38(23-21-37)61-32-17-12-9-6-3)36-46(52(58)50(48)53(47)59)65-42-30-26-40(27-31-42)63-34-19-16-14-11-8-5-2/h20-31,35-36,56-58H,4-19,32-34,55H2,1-3H3. The number of anilines is 3. The number of aromatic hydroxyl groups is 2. The normalized spacial score (nSPS) is 11.8. The number of benzene rings is 5. The molecule has 6 rings (SSSR count). The number of ether oxygens (including phenoxy) is 5. The minimum Gasteiger partial charge on any atom is -0.504 e. The van der Waals surface area contributed by atoms with Gasteiger partial charge in [-0.1, -0.05) is 104 Å². The molecule has 0 unspecified atom stereocenters. The summed E-state index contributed by atoms with van der Waals surface area (Å²) in [7, 11) is 0. The van der Waals surface area contributed by atoms with Crippen molar-refractivity contribution in [2.45, 2.75) is 124 Å². The Balaban J connectivity index is 1.24. The summed E-state index contributed by atoms with van der Waals surface area (Å²) < 4.78 is 30.1. The predicted octanol–water partition coefficient (Wildman–Crippen LogP) is 14.2. The number of phenols is 2. The zero-order chi connectivity index (χ0) is 46.0. The van der Waals surface area contributed by atoms with Crippen LogP contribution in [0.4, 0.5) is 17.1 Å². The van der Waals surface area contributed by atoms with Gasteiger partial charge in [-0.2, -0.15) is 0 Å². The molecule has 0 aliphatic heterocycles. The molecule has 0 aromatic heterocycles. The number of hydrogen-bond donors (Lipinski definition) is 4. The molecule has 0 radical (unpaired) electrons. The van der Waals surface area contributed by atoms with Crippen LogP contribution >= 0.6 is 0 Å². The highest BCUT2D eigenvalue weighted by Gasteiger charge is 2.40. The first-order valence-electron chi connectivity index (χ1n) is 23.7. The van der Waals surface area contributed by atoms with E-state index in [1.54, 1.807) is 60.7 Å². The quantitative estimate of drug-likeness (QED) is 0.0211. The molecule has 346 valence electrons. The highest BCUT2D eigenvalue weighted by Crippen LogP contribution is 2.50. The number of phenolic OH excluding ortho intramolecular Hbond substituents is 2. The van der Waals surface area contributed by atoms with Crippen molar-refractivity contribution in [1.82, 2.24) is 0 Å². The van der Waals surface area contributed by atoms with Crippen LogP contribution in [-0.2, 0) is 0 Å². The molecule has 0 atom stereocenters. The highest BCUT2D eigenvalue weighted by atomic mass is 16.5. The lowest BCUT2D eigenvalue weighted by atomic mass is 9.81. The molecule has 0 bridgehead atoms. The second-order valence-corrected chi connectivity index (χ2v) is 16.7. The number of hydrogen-bond acceptors (Lipinski definition) is 11. The van der Waals surface area contributed by atoms with Crippen molar-refractivity contribution in [1.29, 1.82) is 0 Å². The van der Waals surface area contributed by atoms with Crippen LogP contribution in [0.15, 0.2) is 84.9 Å². The Labute approximate surface area is 384 Å². The summed E-state index contributed by atoms with van der Waals surface area (Å²) in [6, 6.07) is 23.9. The third-order valence-corrected chi connectivity index (χ3v) is 11.5. The van der Waals surface area contributed by atoms with Gasteiger partial charge in [0.1, 0.15) is 28.7 Å². The Hall–Kier alpha value is -6.36. The van der Waals surface area contributed by atoms with Crippen LogP contribution in [0.3, 0.4) is 0 Å². The lowest BCUT2D eigenvalue weighted by molar-refractivity contribution is 0.0974. The van der Waals surface area contributed by atoms with Gasteiger partial charge in [0, 0.05) is 23.5 Å². The summed E-state index contributed by atoms with van der Waals surface area (Å²) in [6.45, 7) is 8.37. The summed E-state index contributed by atoms with van der Waals surface area (Å²) in [4.78, 5) is 29.2. The molecule has 5 aromatic carbocycles. The highest BCUT2D eigenvalue weighted by molar-refractivity contribution is 6.34. The molecule has 65 heavy (non-hydrogen) atoms. The first-order valence-corrected chi connectivity index (χ1v) is 23.7. The van der Waals surface area contributed by atoms with E-state index in [1.165, 1.54) is 63.5 Å². The van der Waals surface area contributed by atoms with Crippen molar-refractivity contribution in [3.63, 3.8) is 0 Å². The third-order valence-electron chi connectivity index (χ3n) is 11.5. The van der Waals surface area contributed by atoms with Gasteiger partial charge in [0.05, 0.1) is 47.8 Å². The van der Waals surface area contributed by atoms with Crippen LogP contribution in [0.1, 0.15) is 155 Å². The number of ketones is 2. The number of unbranched alkanes of at least 4 members (excludes halogenated alkanes) is 13. The Morgan fingerprint density at radius 3 is 1.26 bits per heavy atom. The van der Waals surface area contributed by atoms with E-state index in [4.69, 9.17) is 29.4 Å². The average molecular weight is 887 g/mol. The number of fused-ring (bicyclic) bond motifs is 2. The Morgan fingerprint density at radius 2 is 0.800 bits per heavy atom. The van der Waals surface area contributed by atoms with E-state index in [0.717, 1.165) is 51.4 Å². The van der Waals surface area contributed by atoms with E-state index in [1.807, 2.05) is 12.1 Å². The molecule has 1 aliphatic rings. The molecule has 1 aliphatic carbocycles. The summed E-state index contributed by atoms with van der Waals surface area (Å²) in [5.41, 5.74) is 6.04. The molecule has 0 spiro atoms. The Bertz CT molecular complexity index is 2310. The maximum Gasteiger partial charge on any atom is 0.200 e. The van der Waals surface area contributed by atoms with Crippen LogP contribution < -0.4 is 34.7 Å². The van der Waals surface area contributed by atoms with Crippen molar-refractivity contribution in [2.24, 2.45) is 0 Å². The van der Waals surface area contributed by atoms with Crippen molar-refractivity contribution in [3.05, 3.63) is 107 Å². The van der Waals surface area contributed by atoms with Gasteiger partial charge >= 0.3 is 0 Å². The number of carbonyl (C=O) groups excluding carboxylic acids is 2. The molecule has 11 nitrogen and oxygen atoms in total. The second-order valence-electron chi connectivity index (χ2n) is 16.7. The van der Waals surface area contributed by atoms with Gasteiger partial charge in [-0.05, 0) is 92.1 Å². The summed E-state index contributed by atoms with van der Waals surface area (Å²) in [5, 5.41) is 26.7. The zero-order valence-corrected chi connectivity index (χ0v) is 38.3. The number of nitrogen functional groups attached to an aromatic ring is 1. The lowest BCUT2D eigenvalue weighted by Crippen LogP contribution is -2.24. The van der Waals surface area contributed by atoms with E-state index >= 15 is 0 Å². The number of nitrogens with one attached hydrogen (secondary N) is 1. The van der Waals surface area contributed by atoms with Crippen molar-refractivity contribution >= 4 is 28.6 Å². The van der Waals surface area contributed by atoms with Gasteiger partial charge in [0.25, 0.3) is 0 Å². The zero-order valence-electron chi connectivity index (χ0n) is 38.3. The lowest BCUT2D eigenvalue weighted by Gasteiger charge is -2.25. The van der Waals surface area contributed by atoms with Crippen LogP contribution in [0.25, 0.3) is 0 Å². The number of carbonyl (C=O) groups is 2. The molecular weight excluding hydrogens is 821 g/mol. The van der Waals surface area contributed by atoms with Gasteiger partial charge in [0.15, 0.2) is 23.0 Å². The summed E-state index contributed by atoms with van der Waals surface area (Å²) >= 11 is 0. The van der Waals surface area contributed by atoms with Gasteiger partial charge in [-0.3, -0.25) is 9.59 Å². The van der Waals surface area contributed by atoms with Gasteiger partial charge < -0.3 is 44.9 Å². The predicted molar refractivity (Wildman–Crippen MR) is 258 cm³/mol. The molecule has 11 heteroatoms. The molecule has 0 heterocycles. The molecule has 0 fully saturated rings. The number of rotatable bonds is 28. The van der Waals surface area contributed by atoms with Crippen LogP contribution in [-0.4, -0.2) is 41.6 Å². The van der Waals surface area contributed by atoms with E-state index < -0.39 is 23.1 Å². The Kier molecular flexibility index (Phi) is 18.2. The largest absolute Gasteiger partial charge is 0.504 e. The van der Waals surface area contributed by atoms with Gasteiger partial charge in [-0.15, -0.1) is 0 Å². The maximum atomic E-state index is 14.7. The topological polar surface area (TPSA) is 159 Å². The maximum absolute atomic E-state index is 14.7.